The summed E-state index contributed by atoms with van der Waals surface area (Å²) in [7, 11) is 1.28. The number of hydrogen-bond donors (Lipinski definition) is 1. The Morgan fingerprint density at radius 3 is 2.71 bits per heavy atom. The maximum Gasteiger partial charge on any atom is 0.317 e. The van der Waals surface area contributed by atoms with E-state index in [1.54, 1.807) is 19.9 Å². The van der Waals surface area contributed by atoms with E-state index in [-0.39, 0.29) is 6.10 Å². The van der Waals surface area contributed by atoms with Crippen molar-refractivity contribution in [1.29, 1.82) is 0 Å². The largest absolute Gasteiger partial charge is 0.468 e. The van der Waals surface area contributed by atoms with Crippen LogP contribution in [-0.2, 0) is 31.5 Å². The van der Waals surface area contributed by atoms with Gasteiger partial charge in [0.1, 0.15) is 11.5 Å². The molecule has 5 nitrogen and oxygen atoms in total. The molecule has 1 N–H and O–H groups in total. The van der Waals surface area contributed by atoms with Gasteiger partial charge in [-0.05, 0) is 38.3 Å². The minimum absolute atomic E-state index is 0.319. The van der Waals surface area contributed by atoms with E-state index in [2.05, 4.69) is 6.92 Å². The quantitative estimate of drug-likeness (QED) is 0.685. The van der Waals surface area contributed by atoms with Crippen LogP contribution in [0.2, 0.25) is 0 Å². The second-order valence-electron chi connectivity index (χ2n) is 5.86. The third-order valence-corrected chi connectivity index (χ3v) is 4.18. The van der Waals surface area contributed by atoms with Crippen molar-refractivity contribution < 1.29 is 24.4 Å². The Bertz CT molecular complexity index is 552. The fourth-order valence-corrected chi connectivity index (χ4v) is 2.55. The summed E-state index contributed by atoms with van der Waals surface area (Å²) < 4.78 is 4.79. The molecule has 0 bridgehead atoms. The summed E-state index contributed by atoms with van der Waals surface area (Å²) in [6, 6.07) is 5.68. The number of aliphatic hydroxyl groups is 1. The molecule has 0 radical (unpaired) electrons. The van der Waals surface area contributed by atoms with Gasteiger partial charge in [-0.2, -0.15) is 4.89 Å². The minimum Gasteiger partial charge on any atom is -0.468 e. The number of fused-ring (bicyclic) bond motifs is 1. The Morgan fingerprint density at radius 1 is 1.48 bits per heavy atom. The van der Waals surface area contributed by atoms with E-state index in [0.717, 1.165) is 17.5 Å². The van der Waals surface area contributed by atoms with Crippen molar-refractivity contribution in [1.82, 2.24) is 0 Å². The van der Waals surface area contributed by atoms with Gasteiger partial charge in [0, 0.05) is 5.56 Å². The molecule has 2 rings (SSSR count). The predicted molar refractivity (Wildman–Crippen MR) is 76.1 cm³/mol. The van der Waals surface area contributed by atoms with Crippen LogP contribution < -0.4 is 0 Å². The molecule has 5 heteroatoms. The van der Waals surface area contributed by atoms with Crippen LogP contribution in [0.3, 0.4) is 0 Å². The molecule has 1 aromatic carbocycles. The summed E-state index contributed by atoms with van der Waals surface area (Å²) in [5, 5.41) is 11.0. The van der Waals surface area contributed by atoms with Crippen LogP contribution in [0.4, 0.5) is 0 Å². The molecular weight excluding hydrogens is 272 g/mol. The van der Waals surface area contributed by atoms with Crippen molar-refractivity contribution in [3.05, 3.63) is 34.9 Å². The first-order valence-corrected chi connectivity index (χ1v) is 7.06. The first-order chi connectivity index (χ1) is 9.77. The molecule has 0 saturated carbocycles. The summed E-state index contributed by atoms with van der Waals surface area (Å²) in [5.41, 5.74) is 1.17. The molecule has 116 valence electrons. The summed E-state index contributed by atoms with van der Waals surface area (Å²) >= 11 is 0. The van der Waals surface area contributed by atoms with Crippen LogP contribution in [-0.4, -0.2) is 18.2 Å². The van der Waals surface area contributed by atoms with Crippen molar-refractivity contribution in [2.75, 3.05) is 7.11 Å². The number of carbonyl (C=O) groups excluding carboxylic acids is 1. The number of carbonyl (C=O) groups is 1. The fourth-order valence-electron chi connectivity index (χ4n) is 2.55. The molecule has 0 saturated heterocycles. The van der Waals surface area contributed by atoms with Crippen LogP contribution in [0, 0.1) is 5.41 Å². The second-order valence-corrected chi connectivity index (χ2v) is 5.86. The lowest BCUT2D eigenvalue weighted by Crippen LogP contribution is -2.52. The smallest absolute Gasteiger partial charge is 0.317 e. The Hall–Kier alpha value is -1.43. The molecule has 0 aliphatic carbocycles. The third kappa shape index (κ3) is 2.35. The lowest BCUT2D eigenvalue weighted by Gasteiger charge is -2.43. The van der Waals surface area contributed by atoms with E-state index in [4.69, 9.17) is 14.5 Å². The average Bonchev–Trinajstić information content (AvgIpc) is 2.49. The Labute approximate surface area is 124 Å². The fraction of sp³-hybridized carbons (Fsp3) is 0.562. The number of benzene rings is 1. The molecule has 1 aliphatic heterocycles. The molecule has 0 aromatic heterocycles. The molecule has 1 heterocycles. The number of rotatable bonds is 3. The summed E-state index contributed by atoms with van der Waals surface area (Å²) in [4.78, 5) is 22.5. The van der Waals surface area contributed by atoms with Gasteiger partial charge in [-0.25, -0.2) is 4.89 Å². The highest BCUT2D eigenvalue weighted by Gasteiger charge is 2.56. The van der Waals surface area contributed by atoms with Gasteiger partial charge >= 0.3 is 5.97 Å². The van der Waals surface area contributed by atoms with Gasteiger partial charge in [-0.3, -0.25) is 4.79 Å². The average molecular weight is 294 g/mol. The van der Waals surface area contributed by atoms with Crippen molar-refractivity contribution >= 4 is 5.97 Å². The third-order valence-electron chi connectivity index (χ3n) is 4.18. The van der Waals surface area contributed by atoms with Crippen LogP contribution in [0.15, 0.2) is 18.2 Å². The predicted octanol–water partition coefficient (Wildman–Crippen LogP) is 2.62. The van der Waals surface area contributed by atoms with Gasteiger partial charge in [0.15, 0.2) is 0 Å². The zero-order valence-electron chi connectivity index (χ0n) is 13.1. The van der Waals surface area contributed by atoms with E-state index in [1.807, 2.05) is 19.1 Å². The van der Waals surface area contributed by atoms with E-state index >= 15 is 0 Å². The number of methoxy groups -OCH3 is 1. The number of aryl methyl sites for hydroxylation is 1. The first-order valence-electron chi connectivity index (χ1n) is 7.06. The normalized spacial score (nSPS) is 25.3. The van der Waals surface area contributed by atoms with E-state index in [9.17, 15) is 9.90 Å². The van der Waals surface area contributed by atoms with E-state index in [1.165, 1.54) is 7.11 Å². The molecule has 1 aromatic rings. The highest BCUT2D eigenvalue weighted by molar-refractivity contribution is 5.77. The van der Waals surface area contributed by atoms with Crippen LogP contribution in [0.5, 0.6) is 0 Å². The monoisotopic (exact) mass is 294 g/mol. The standard InChI is InChI=1S/C16H22O5/c1-6-11-7-8-13-12(9-11)10(2)20-21-16(13,18)15(3,4)14(17)19-5/h7-10,18H,6H2,1-5H3. The highest BCUT2D eigenvalue weighted by atomic mass is 17.2. The molecule has 1 aliphatic rings. The van der Waals surface area contributed by atoms with Crippen molar-refractivity contribution in [3.8, 4) is 0 Å². The van der Waals surface area contributed by atoms with Gasteiger partial charge in [-0.1, -0.05) is 25.1 Å². The molecule has 0 amide bonds. The molecular formula is C16H22O5. The van der Waals surface area contributed by atoms with Crippen molar-refractivity contribution in [2.45, 2.75) is 46.0 Å². The van der Waals surface area contributed by atoms with Gasteiger partial charge < -0.3 is 9.84 Å². The summed E-state index contributed by atoms with van der Waals surface area (Å²) in [6.07, 6.45) is 0.555. The molecule has 0 spiro atoms. The molecule has 21 heavy (non-hydrogen) atoms. The number of esters is 1. The topological polar surface area (TPSA) is 65.0 Å². The summed E-state index contributed by atoms with van der Waals surface area (Å²) in [5.74, 6) is -2.47. The van der Waals surface area contributed by atoms with Crippen molar-refractivity contribution in [3.63, 3.8) is 0 Å². The maximum absolute atomic E-state index is 12.0. The molecule has 2 atom stereocenters. The van der Waals surface area contributed by atoms with Crippen LogP contribution in [0.25, 0.3) is 0 Å². The summed E-state index contributed by atoms with van der Waals surface area (Å²) in [6.45, 7) is 7.02. The second kappa shape index (κ2) is 5.40. The lowest BCUT2D eigenvalue weighted by atomic mass is 9.76. The lowest BCUT2D eigenvalue weighted by molar-refractivity contribution is -0.476. The van der Waals surface area contributed by atoms with Gasteiger partial charge in [-0.15, -0.1) is 0 Å². The van der Waals surface area contributed by atoms with Crippen LogP contribution in [0.1, 0.15) is 50.5 Å². The zero-order valence-corrected chi connectivity index (χ0v) is 13.1. The Balaban J connectivity index is 2.59. The maximum atomic E-state index is 12.0. The first kappa shape index (κ1) is 15.9. The van der Waals surface area contributed by atoms with E-state index in [0.29, 0.717) is 5.56 Å². The molecule has 2 unspecified atom stereocenters. The van der Waals surface area contributed by atoms with Gasteiger partial charge in [0.25, 0.3) is 0 Å². The van der Waals surface area contributed by atoms with Crippen LogP contribution >= 0.6 is 0 Å². The Kier molecular flexibility index (Phi) is 4.10. The zero-order chi connectivity index (χ0) is 15.8. The molecule has 0 fully saturated rings. The SMILES string of the molecule is CCc1ccc2c(c1)C(C)OOC2(O)C(C)(C)C(=O)OC. The van der Waals surface area contributed by atoms with E-state index < -0.39 is 17.2 Å². The Morgan fingerprint density at radius 2 is 2.14 bits per heavy atom. The van der Waals surface area contributed by atoms with Gasteiger partial charge in [0.2, 0.25) is 5.79 Å². The minimum atomic E-state index is -1.89. The number of hydrogen-bond acceptors (Lipinski definition) is 5. The van der Waals surface area contributed by atoms with Gasteiger partial charge in [0.05, 0.1) is 7.11 Å². The highest BCUT2D eigenvalue weighted by Crippen LogP contribution is 2.48. The van der Waals surface area contributed by atoms with Crippen molar-refractivity contribution in [2.24, 2.45) is 5.41 Å². The number of ether oxygens (including phenoxy) is 1.